The van der Waals surface area contributed by atoms with Crippen LogP contribution in [0.1, 0.15) is 38.2 Å². The van der Waals surface area contributed by atoms with Gasteiger partial charge in [0, 0.05) is 5.92 Å². The van der Waals surface area contributed by atoms with Crippen LogP contribution in [0.15, 0.2) is 72.3 Å². The minimum atomic E-state index is -1.80. The first-order valence-electron chi connectivity index (χ1n) is 15.7. The van der Waals surface area contributed by atoms with E-state index >= 15 is 0 Å². The van der Waals surface area contributed by atoms with Gasteiger partial charge in [0.1, 0.15) is 5.82 Å². The summed E-state index contributed by atoms with van der Waals surface area (Å²) in [6, 6.07) is 14.3. The van der Waals surface area contributed by atoms with Crippen molar-refractivity contribution in [2.75, 3.05) is 16.4 Å². The first-order chi connectivity index (χ1) is 22.9. The van der Waals surface area contributed by atoms with Crippen LogP contribution < -0.4 is 20.0 Å². The lowest BCUT2D eigenvalue weighted by Crippen LogP contribution is -2.48. The van der Waals surface area contributed by atoms with Gasteiger partial charge in [-0.2, -0.15) is 0 Å². The summed E-state index contributed by atoms with van der Waals surface area (Å²) >= 11 is 6.07. The highest BCUT2D eigenvalue weighted by atomic mass is 35.5. The van der Waals surface area contributed by atoms with E-state index in [4.69, 9.17) is 16.3 Å². The Morgan fingerprint density at radius 3 is 2.42 bits per heavy atom. The van der Waals surface area contributed by atoms with Gasteiger partial charge in [0.25, 0.3) is 0 Å². The molecule has 2 aliphatic heterocycles. The summed E-state index contributed by atoms with van der Waals surface area (Å²) < 4.78 is 19.8. The van der Waals surface area contributed by atoms with Crippen LogP contribution in [0.25, 0.3) is 0 Å². The van der Waals surface area contributed by atoms with E-state index in [0.717, 1.165) is 21.4 Å². The summed E-state index contributed by atoms with van der Waals surface area (Å²) in [5, 5.41) is 29.7. The topological polar surface area (TPSA) is 145 Å². The van der Waals surface area contributed by atoms with Crippen LogP contribution in [0.5, 0.6) is 11.5 Å². The van der Waals surface area contributed by atoms with Crippen molar-refractivity contribution in [3.05, 3.63) is 88.7 Å². The largest absolute Gasteiger partial charge is 0.504 e. The Hall–Kier alpha value is -4.52. The van der Waals surface area contributed by atoms with Crippen LogP contribution in [-0.4, -0.2) is 52.5 Å². The molecule has 3 aromatic carbocycles. The van der Waals surface area contributed by atoms with E-state index in [0.29, 0.717) is 5.56 Å². The van der Waals surface area contributed by atoms with Gasteiger partial charge >= 0.3 is 7.12 Å². The Bertz CT molecular complexity index is 1940. The minimum Gasteiger partial charge on any atom is -0.504 e. The number of allylic oxidation sites excluding steroid dienone is 2. The quantitative estimate of drug-likeness (QED) is 0.204. The maximum Gasteiger partial charge on any atom is 0.488 e. The number of nitrogens with zero attached hydrogens (tertiary/aromatic N) is 2. The van der Waals surface area contributed by atoms with Crippen LogP contribution in [-0.2, 0) is 19.2 Å². The maximum absolute atomic E-state index is 14.6. The molecule has 0 bridgehead atoms. The number of hydrogen-bond donors (Lipinski definition) is 3. The van der Waals surface area contributed by atoms with Gasteiger partial charge in [0.05, 0.1) is 46.2 Å². The second kappa shape index (κ2) is 11.6. The standard InChI is InChI=1S/C35H31BClFN2O8/c1-3-48-28-13-17(7-12-27(28)41)30-21-9-10-22-29(33(44)39(31(22)42)19-6-4-5-18(14-19)36(46)47)23(21)16-24-32(43)40(34(45)35(24,30)2)20-8-11-26(38)25(37)15-20/h4-9,11-15,22-24,29-30,41,46-47H,3,10,16H2,1-2H3. The van der Waals surface area contributed by atoms with Gasteiger partial charge < -0.3 is 19.9 Å². The highest BCUT2D eigenvalue weighted by Gasteiger charge is 2.67. The smallest absolute Gasteiger partial charge is 0.488 e. The number of anilines is 2. The van der Waals surface area contributed by atoms with Crippen molar-refractivity contribution in [2.24, 2.45) is 29.1 Å². The summed E-state index contributed by atoms with van der Waals surface area (Å²) in [7, 11) is -1.80. The molecule has 2 saturated heterocycles. The summed E-state index contributed by atoms with van der Waals surface area (Å²) in [4.78, 5) is 59.1. The summed E-state index contributed by atoms with van der Waals surface area (Å²) in [6.07, 6.45) is 2.19. The lowest BCUT2D eigenvalue weighted by molar-refractivity contribution is -0.131. The van der Waals surface area contributed by atoms with Gasteiger partial charge in [0.15, 0.2) is 11.5 Å². The SMILES string of the molecule is CCOc1cc(C2C3=CCC4C(=O)N(c5cccc(B(O)O)c5)C(=O)C4C3CC3C(=O)N(c4ccc(F)c(Cl)c4)C(=O)C32C)ccc1O. The number of benzene rings is 3. The number of aromatic hydroxyl groups is 1. The monoisotopic (exact) mass is 672 g/mol. The molecule has 2 heterocycles. The van der Waals surface area contributed by atoms with Crippen LogP contribution in [0.4, 0.5) is 15.8 Å². The highest BCUT2D eigenvalue weighted by Crippen LogP contribution is 2.64. The fourth-order valence-corrected chi connectivity index (χ4v) is 8.50. The summed E-state index contributed by atoms with van der Waals surface area (Å²) in [5.74, 6) is -6.49. The van der Waals surface area contributed by atoms with Gasteiger partial charge in [-0.15, -0.1) is 0 Å². The Kier molecular flexibility index (Phi) is 7.73. The van der Waals surface area contributed by atoms with Crippen molar-refractivity contribution < 1.29 is 43.5 Å². The fraction of sp³-hybridized carbons (Fsp3) is 0.314. The van der Waals surface area contributed by atoms with E-state index in [1.165, 1.54) is 36.4 Å². The Morgan fingerprint density at radius 2 is 1.71 bits per heavy atom. The molecule has 0 radical (unpaired) electrons. The first kappa shape index (κ1) is 32.1. The maximum atomic E-state index is 14.6. The zero-order valence-electron chi connectivity index (χ0n) is 26.0. The zero-order chi connectivity index (χ0) is 34.2. The molecule has 0 aromatic heterocycles. The first-order valence-corrected chi connectivity index (χ1v) is 16.1. The fourth-order valence-electron chi connectivity index (χ4n) is 8.33. The van der Waals surface area contributed by atoms with E-state index in [1.54, 1.807) is 32.0 Å². The molecule has 7 rings (SSSR count). The van der Waals surface area contributed by atoms with Gasteiger partial charge in [-0.05, 0) is 86.1 Å². The summed E-state index contributed by atoms with van der Waals surface area (Å²) in [5.41, 5.74) is 0.372. The molecule has 3 fully saturated rings. The number of halogens is 2. The molecule has 10 nitrogen and oxygen atoms in total. The highest BCUT2D eigenvalue weighted by molar-refractivity contribution is 6.58. The number of hydrogen-bond acceptors (Lipinski definition) is 8. The molecule has 4 amide bonds. The van der Waals surface area contributed by atoms with Crippen LogP contribution in [0, 0.1) is 34.9 Å². The minimum absolute atomic E-state index is 0.0919. The van der Waals surface area contributed by atoms with Gasteiger partial charge in [-0.1, -0.05) is 41.4 Å². The number of phenolic OH excluding ortho intramolecular Hbond substituents is 1. The van der Waals surface area contributed by atoms with Gasteiger partial charge in [0.2, 0.25) is 23.6 Å². The number of imide groups is 2. The molecular weight excluding hydrogens is 642 g/mol. The number of carbonyl (C=O) groups excluding carboxylic acids is 4. The molecule has 0 spiro atoms. The molecule has 3 N–H and O–H groups in total. The van der Waals surface area contributed by atoms with E-state index in [2.05, 4.69) is 0 Å². The molecule has 3 aromatic rings. The van der Waals surface area contributed by atoms with Crippen LogP contribution >= 0.6 is 11.6 Å². The second-order valence-corrected chi connectivity index (χ2v) is 13.3. The zero-order valence-corrected chi connectivity index (χ0v) is 26.7. The molecule has 6 unspecified atom stereocenters. The second-order valence-electron chi connectivity index (χ2n) is 12.9. The number of amides is 4. The molecule has 2 aliphatic carbocycles. The van der Waals surface area contributed by atoms with E-state index < -0.39 is 71.6 Å². The number of fused-ring (bicyclic) bond motifs is 4. The Morgan fingerprint density at radius 1 is 0.958 bits per heavy atom. The van der Waals surface area contributed by atoms with Crippen molar-refractivity contribution >= 4 is 59.2 Å². The Balaban J connectivity index is 1.36. The van der Waals surface area contributed by atoms with E-state index in [1.807, 2.05) is 6.08 Å². The van der Waals surface area contributed by atoms with Crippen LogP contribution in [0.2, 0.25) is 5.02 Å². The number of carbonyl (C=O) groups is 4. The van der Waals surface area contributed by atoms with Gasteiger partial charge in [-0.25, -0.2) is 9.29 Å². The lowest BCUT2D eigenvalue weighted by Gasteiger charge is -2.49. The normalized spacial score (nSPS) is 27.9. The molecule has 1 saturated carbocycles. The molecule has 4 aliphatic rings. The number of rotatable bonds is 6. The number of ether oxygens (including phenoxy) is 1. The average Bonchev–Trinajstić information content (AvgIpc) is 3.43. The predicted molar refractivity (Wildman–Crippen MR) is 174 cm³/mol. The van der Waals surface area contributed by atoms with E-state index in [-0.39, 0.29) is 52.8 Å². The number of phenols is 1. The van der Waals surface area contributed by atoms with Crippen molar-refractivity contribution in [1.29, 1.82) is 0 Å². The predicted octanol–water partition coefficient (Wildman–Crippen LogP) is 3.70. The third-order valence-corrected chi connectivity index (χ3v) is 10.8. The van der Waals surface area contributed by atoms with E-state index in [9.17, 15) is 38.7 Å². The molecule has 48 heavy (non-hydrogen) atoms. The molecular formula is C35H31BClFN2O8. The van der Waals surface area contributed by atoms with Crippen molar-refractivity contribution in [3.63, 3.8) is 0 Å². The molecule has 13 heteroatoms. The third-order valence-electron chi connectivity index (χ3n) is 10.5. The third kappa shape index (κ3) is 4.61. The van der Waals surface area contributed by atoms with Gasteiger partial charge in [-0.3, -0.25) is 24.1 Å². The molecule has 6 atom stereocenters. The summed E-state index contributed by atoms with van der Waals surface area (Å²) in [6.45, 7) is 3.73. The van der Waals surface area contributed by atoms with Crippen molar-refractivity contribution in [1.82, 2.24) is 0 Å². The molecule has 246 valence electrons. The lowest BCUT2D eigenvalue weighted by atomic mass is 9.51. The average molecular weight is 673 g/mol. The Labute approximate surface area is 280 Å². The van der Waals surface area contributed by atoms with Crippen LogP contribution in [0.3, 0.4) is 0 Å². The van der Waals surface area contributed by atoms with Crippen molar-refractivity contribution in [2.45, 2.75) is 32.6 Å². The van der Waals surface area contributed by atoms with Crippen molar-refractivity contribution in [3.8, 4) is 11.5 Å².